The van der Waals surface area contributed by atoms with E-state index in [2.05, 4.69) is 27.1 Å². The third kappa shape index (κ3) is 3.84. The van der Waals surface area contributed by atoms with Crippen LogP contribution < -0.4 is 5.32 Å². The van der Waals surface area contributed by atoms with Gasteiger partial charge in [0.1, 0.15) is 0 Å². The number of hydrogen-bond donors (Lipinski definition) is 1. The highest BCUT2D eigenvalue weighted by Crippen LogP contribution is 2.16. The maximum atomic E-state index is 12.2. The van der Waals surface area contributed by atoms with Gasteiger partial charge in [-0.05, 0) is 14.0 Å². The molecule has 3 heterocycles. The van der Waals surface area contributed by atoms with Crippen LogP contribution in [0.25, 0.3) is 0 Å². The Labute approximate surface area is 135 Å². The summed E-state index contributed by atoms with van der Waals surface area (Å²) in [5.74, 6) is 0.0416. The van der Waals surface area contributed by atoms with E-state index in [1.807, 2.05) is 12.3 Å². The predicted molar refractivity (Wildman–Crippen MR) is 86.2 cm³/mol. The van der Waals surface area contributed by atoms with E-state index in [9.17, 15) is 4.79 Å². The maximum absolute atomic E-state index is 12.2. The number of ether oxygens (including phenoxy) is 1. The third-order valence-corrected chi connectivity index (χ3v) is 5.23. The van der Waals surface area contributed by atoms with Crippen LogP contribution in [0.2, 0.25) is 0 Å². The van der Waals surface area contributed by atoms with Crippen molar-refractivity contribution in [2.24, 2.45) is 0 Å². The SMILES string of the molecule is Cc1nc(CC(=O)N[C@H]2COC[C@@H]2N2CCN(C)CC2)cs1. The molecule has 0 spiro atoms. The molecule has 1 aromatic rings. The number of carbonyl (C=O) groups excluding carboxylic acids is 1. The number of nitrogens with zero attached hydrogens (tertiary/aromatic N) is 3. The fourth-order valence-corrected chi connectivity index (χ4v) is 3.72. The first-order valence-corrected chi connectivity index (χ1v) is 8.70. The zero-order valence-corrected chi connectivity index (χ0v) is 14.1. The molecule has 3 rings (SSSR count). The van der Waals surface area contributed by atoms with Gasteiger partial charge in [0.15, 0.2) is 0 Å². The van der Waals surface area contributed by atoms with Crippen molar-refractivity contribution in [3.05, 3.63) is 16.1 Å². The molecule has 2 saturated heterocycles. The second-order valence-electron chi connectivity index (χ2n) is 6.15. The summed E-state index contributed by atoms with van der Waals surface area (Å²) in [4.78, 5) is 21.4. The van der Waals surface area contributed by atoms with Crippen LogP contribution in [-0.4, -0.2) is 79.2 Å². The number of likely N-dealkylation sites (N-methyl/N-ethyl adjacent to an activating group) is 1. The summed E-state index contributed by atoms with van der Waals surface area (Å²) >= 11 is 1.58. The number of piperazine rings is 1. The van der Waals surface area contributed by atoms with Gasteiger partial charge in [-0.2, -0.15) is 0 Å². The predicted octanol–water partition coefficient (Wildman–Crippen LogP) is 0.125. The number of amides is 1. The van der Waals surface area contributed by atoms with E-state index >= 15 is 0 Å². The van der Waals surface area contributed by atoms with Gasteiger partial charge in [-0.3, -0.25) is 9.69 Å². The van der Waals surface area contributed by atoms with Crippen molar-refractivity contribution in [3.63, 3.8) is 0 Å². The molecule has 0 unspecified atom stereocenters. The van der Waals surface area contributed by atoms with Gasteiger partial charge in [-0.15, -0.1) is 11.3 Å². The van der Waals surface area contributed by atoms with Gasteiger partial charge in [0.2, 0.25) is 5.91 Å². The van der Waals surface area contributed by atoms with E-state index in [0.717, 1.165) is 36.9 Å². The lowest BCUT2D eigenvalue weighted by molar-refractivity contribution is -0.121. The van der Waals surface area contributed by atoms with E-state index in [1.165, 1.54) is 0 Å². The Bertz CT molecular complexity index is 513. The second kappa shape index (κ2) is 7.04. The van der Waals surface area contributed by atoms with Crippen molar-refractivity contribution in [2.45, 2.75) is 25.4 Å². The van der Waals surface area contributed by atoms with Crippen molar-refractivity contribution in [1.82, 2.24) is 20.1 Å². The van der Waals surface area contributed by atoms with Crippen LogP contribution in [0.3, 0.4) is 0 Å². The van der Waals surface area contributed by atoms with E-state index < -0.39 is 0 Å². The first kappa shape index (κ1) is 15.9. The van der Waals surface area contributed by atoms with Crippen molar-refractivity contribution in [1.29, 1.82) is 0 Å². The van der Waals surface area contributed by atoms with E-state index in [0.29, 0.717) is 25.7 Å². The summed E-state index contributed by atoms with van der Waals surface area (Å²) in [6, 6.07) is 0.394. The number of rotatable bonds is 4. The van der Waals surface area contributed by atoms with E-state index in [-0.39, 0.29) is 11.9 Å². The Hall–Kier alpha value is -1.02. The van der Waals surface area contributed by atoms with Gasteiger partial charge in [0.05, 0.1) is 42.4 Å². The highest BCUT2D eigenvalue weighted by atomic mass is 32.1. The molecule has 0 bridgehead atoms. The molecule has 0 aliphatic carbocycles. The Kier molecular flexibility index (Phi) is 5.07. The number of nitrogens with one attached hydrogen (secondary N) is 1. The van der Waals surface area contributed by atoms with E-state index in [1.54, 1.807) is 11.3 Å². The highest BCUT2D eigenvalue weighted by molar-refractivity contribution is 7.09. The molecule has 1 amide bonds. The summed E-state index contributed by atoms with van der Waals surface area (Å²) in [6.07, 6.45) is 0.357. The number of hydrogen-bond acceptors (Lipinski definition) is 6. The van der Waals surface area contributed by atoms with Crippen molar-refractivity contribution >= 4 is 17.2 Å². The standard InChI is InChI=1S/C15H24N4O2S/c1-11-16-12(10-22-11)7-15(20)17-13-8-21-9-14(13)19-5-3-18(2)4-6-19/h10,13-14H,3-9H2,1-2H3,(H,17,20)/t13-,14-/m0/s1. The lowest BCUT2D eigenvalue weighted by Crippen LogP contribution is -2.56. The topological polar surface area (TPSA) is 57.7 Å². The number of carbonyl (C=O) groups is 1. The molecule has 122 valence electrons. The number of aromatic nitrogens is 1. The number of thiazole rings is 1. The molecule has 1 N–H and O–H groups in total. The Morgan fingerprint density at radius 2 is 2.18 bits per heavy atom. The molecule has 6 nitrogen and oxygen atoms in total. The van der Waals surface area contributed by atoms with Crippen molar-refractivity contribution in [2.75, 3.05) is 46.4 Å². The Balaban J connectivity index is 1.53. The van der Waals surface area contributed by atoms with Gasteiger partial charge in [-0.25, -0.2) is 4.98 Å². The molecule has 2 aliphatic rings. The summed E-state index contributed by atoms with van der Waals surface area (Å²) in [7, 11) is 2.15. The van der Waals surface area contributed by atoms with Crippen LogP contribution >= 0.6 is 11.3 Å². The summed E-state index contributed by atoms with van der Waals surface area (Å²) in [5.41, 5.74) is 0.857. The smallest absolute Gasteiger partial charge is 0.226 e. The van der Waals surface area contributed by atoms with E-state index in [4.69, 9.17) is 4.74 Å². The largest absolute Gasteiger partial charge is 0.378 e. The van der Waals surface area contributed by atoms with Gasteiger partial charge >= 0.3 is 0 Å². The highest BCUT2D eigenvalue weighted by Gasteiger charge is 2.35. The van der Waals surface area contributed by atoms with Gasteiger partial charge in [0.25, 0.3) is 0 Å². The summed E-state index contributed by atoms with van der Waals surface area (Å²) in [6.45, 7) is 7.53. The second-order valence-corrected chi connectivity index (χ2v) is 7.21. The minimum Gasteiger partial charge on any atom is -0.378 e. The molecule has 1 aromatic heterocycles. The lowest BCUT2D eigenvalue weighted by atomic mass is 10.1. The van der Waals surface area contributed by atoms with Crippen molar-refractivity contribution < 1.29 is 9.53 Å². The van der Waals surface area contributed by atoms with Crippen LogP contribution in [-0.2, 0) is 16.0 Å². The van der Waals surface area contributed by atoms with Gasteiger partial charge in [0, 0.05) is 31.6 Å². The molecular formula is C15H24N4O2S. The zero-order valence-electron chi connectivity index (χ0n) is 13.2. The molecule has 2 fully saturated rings. The molecule has 0 saturated carbocycles. The summed E-state index contributed by atoms with van der Waals surface area (Å²) in [5, 5.41) is 6.10. The number of aryl methyl sites for hydroxylation is 1. The fourth-order valence-electron chi connectivity index (χ4n) is 3.11. The third-order valence-electron chi connectivity index (χ3n) is 4.41. The average molecular weight is 324 g/mol. The first-order chi connectivity index (χ1) is 10.6. The Morgan fingerprint density at radius 3 is 2.86 bits per heavy atom. The van der Waals surface area contributed by atoms with Gasteiger partial charge < -0.3 is 15.0 Å². The Morgan fingerprint density at radius 1 is 1.41 bits per heavy atom. The quantitative estimate of drug-likeness (QED) is 0.853. The van der Waals surface area contributed by atoms with Crippen LogP contribution in [0.1, 0.15) is 10.7 Å². The first-order valence-electron chi connectivity index (χ1n) is 7.82. The van der Waals surface area contributed by atoms with Crippen LogP contribution in [0, 0.1) is 6.92 Å². The van der Waals surface area contributed by atoms with Gasteiger partial charge in [-0.1, -0.05) is 0 Å². The fraction of sp³-hybridized carbons (Fsp3) is 0.733. The molecule has 22 heavy (non-hydrogen) atoms. The monoisotopic (exact) mass is 324 g/mol. The molecular weight excluding hydrogens is 300 g/mol. The molecule has 0 aromatic carbocycles. The van der Waals surface area contributed by atoms with Crippen LogP contribution in [0.4, 0.5) is 0 Å². The molecule has 2 aliphatic heterocycles. The average Bonchev–Trinajstić information content (AvgIpc) is 3.09. The minimum absolute atomic E-state index is 0.0416. The molecule has 0 radical (unpaired) electrons. The van der Waals surface area contributed by atoms with Crippen molar-refractivity contribution in [3.8, 4) is 0 Å². The lowest BCUT2D eigenvalue weighted by Gasteiger charge is -2.38. The minimum atomic E-state index is 0.0416. The zero-order chi connectivity index (χ0) is 15.5. The molecule has 2 atom stereocenters. The maximum Gasteiger partial charge on any atom is 0.226 e. The normalized spacial score (nSPS) is 27.2. The van der Waals surface area contributed by atoms with Crippen LogP contribution in [0.5, 0.6) is 0 Å². The summed E-state index contributed by atoms with van der Waals surface area (Å²) < 4.78 is 5.62. The van der Waals surface area contributed by atoms with Crippen LogP contribution in [0.15, 0.2) is 5.38 Å². The molecule has 7 heteroatoms.